The Kier molecular flexibility index (Phi) is 5.92. The van der Waals surface area contributed by atoms with Gasteiger partial charge in [0, 0.05) is 56.1 Å². The molecule has 0 unspecified atom stereocenters. The topological polar surface area (TPSA) is 76.8 Å². The first kappa shape index (κ1) is 17.0. The molecule has 1 aliphatic rings. The van der Waals surface area contributed by atoms with E-state index in [9.17, 15) is 4.79 Å². The molecule has 0 saturated carbocycles. The molecule has 1 saturated heterocycles. The largest absolute Gasteiger partial charge is 0.354 e. The van der Waals surface area contributed by atoms with E-state index in [1.54, 1.807) is 24.2 Å². The van der Waals surface area contributed by atoms with Gasteiger partial charge in [-0.15, -0.1) is 0 Å². The molecule has 1 aliphatic heterocycles. The Labute approximate surface area is 146 Å². The van der Waals surface area contributed by atoms with Crippen LogP contribution < -0.4 is 10.6 Å². The van der Waals surface area contributed by atoms with Crippen molar-refractivity contribution in [2.24, 2.45) is 7.05 Å². The molecule has 1 amide bonds. The minimum Gasteiger partial charge on any atom is -0.354 e. The van der Waals surface area contributed by atoms with E-state index in [2.05, 4.69) is 20.7 Å². The number of nitrogens with zero attached hydrogens (tertiary/aromatic N) is 4. The number of carbonyl (C=O) groups excluding carboxylic acids is 1. The molecule has 24 heavy (non-hydrogen) atoms. The molecule has 7 nitrogen and oxygen atoms in total. The van der Waals surface area contributed by atoms with Crippen molar-refractivity contribution in [2.45, 2.75) is 30.5 Å². The molecule has 3 rings (SSSR count). The van der Waals surface area contributed by atoms with Gasteiger partial charge >= 0.3 is 0 Å². The SMILES string of the molecule is Cn1ccnc1SCCNC(=O)Cn1nccc1[C@H]1CCCNC1. The van der Waals surface area contributed by atoms with Gasteiger partial charge in [-0.1, -0.05) is 11.8 Å². The monoisotopic (exact) mass is 348 g/mol. The Morgan fingerprint density at radius 1 is 1.50 bits per heavy atom. The molecular weight excluding hydrogens is 324 g/mol. The van der Waals surface area contributed by atoms with Gasteiger partial charge in [-0.25, -0.2) is 4.98 Å². The first-order chi connectivity index (χ1) is 11.7. The van der Waals surface area contributed by atoms with Gasteiger partial charge in [-0.05, 0) is 25.5 Å². The zero-order chi connectivity index (χ0) is 16.8. The third kappa shape index (κ3) is 4.39. The van der Waals surface area contributed by atoms with Gasteiger partial charge in [-0.2, -0.15) is 5.10 Å². The van der Waals surface area contributed by atoms with Gasteiger partial charge in [0.05, 0.1) is 0 Å². The fraction of sp³-hybridized carbons (Fsp3) is 0.562. The molecule has 0 radical (unpaired) electrons. The van der Waals surface area contributed by atoms with Crippen LogP contribution in [-0.2, 0) is 18.4 Å². The summed E-state index contributed by atoms with van der Waals surface area (Å²) < 4.78 is 3.81. The van der Waals surface area contributed by atoms with Crippen molar-refractivity contribution in [2.75, 3.05) is 25.4 Å². The van der Waals surface area contributed by atoms with Gasteiger partial charge in [0.15, 0.2) is 5.16 Å². The maximum Gasteiger partial charge on any atom is 0.241 e. The maximum absolute atomic E-state index is 12.2. The Morgan fingerprint density at radius 3 is 3.17 bits per heavy atom. The number of nitrogens with one attached hydrogen (secondary N) is 2. The van der Waals surface area contributed by atoms with Crippen LogP contribution >= 0.6 is 11.8 Å². The minimum atomic E-state index is 0.00385. The van der Waals surface area contributed by atoms with Crippen LogP contribution in [0.25, 0.3) is 0 Å². The smallest absolute Gasteiger partial charge is 0.241 e. The van der Waals surface area contributed by atoms with E-state index >= 15 is 0 Å². The van der Waals surface area contributed by atoms with Crippen LogP contribution in [-0.4, -0.2) is 50.6 Å². The summed E-state index contributed by atoms with van der Waals surface area (Å²) in [4.78, 5) is 16.4. The van der Waals surface area contributed by atoms with Crippen molar-refractivity contribution < 1.29 is 4.79 Å². The zero-order valence-corrected chi connectivity index (χ0v) is 14.8. The Bertz CT molecular complexity index is 661. The molecule has 0 aromatic carbocycles. The predicted octanol–water partition coefficient (Wildman–Crippen LogP) is 0.992. The average molecular weight is 348 g/mol. The van der Waals surface area contributed by atoms with Crippen LogP contribution in [0.1, 0.15) is 24.5 Å². The van der Waals surface area contributed by atoms with Crippen LogP contribution in [0.15, 0.2) is 29.8 Å². The van der Waals surface area contributed by atoms with E-state index in [4.69, 9.17) is 0 Å². The number of rotatable bonds is 7. The molecular formula is C16H24N6OS. The normalized spacial score (nSPS) is 17.8. The third-order valence-electron chi connectivity index (χ3n) is 4.19. The standard InChI is InChI=1S/C16H24N6OS/c1-21-9-7-19-16(21)24-10-8-18-15(23)12-22-14(4-6-20-22)13-3-2-5-17-11-13/h4,6-7,9,13,17H,2-3,5,8,10-12H2,1H3,(H,18,23)/t13-/m0/s1. The third-order valence-corrected chi connectivity index (χ3v) is 5.25. The van der Waals surface area contributed by atoms with Crippen molar-refractivity contribution in [1.82, 2.24) is 30.0 Å². The fourth-order valence-electron chi connectivity index (χ4n) is 2.94. The summed E-state index contributed by atoms with van der Waals surface area (Å²) in [5.74, 6) is 1.26. The molecule has 1 fully saturated rings. The number of piperidine rings is 1. The van der Waals surface area contributed by atoms with Crippen LogP contribution in [0.2, 0.25) is 0 Å². The summed E-state index contributed by atoms with van der Waals surface area (Å²) in [6, 6.07) is 2.03. The van der Waals surface area contributed by atoms with Crippen LogP contribution in [0.4, 0.5) is 0 Å². The second-order valence-corrected chi connectivity index (χ2v) is 7.04. The van der Waals surface area contributed by atoms with E-state index in [0.717, 1.165) is 36.1 Å². The molecule has 0 spiro atoms. The second kappa shape index (κ2) is 8.34. The number of aryl methyl sites for hydroxylation is 1. The highest BCUT2D eigenvalue weighted by molar-refractivity contribution is 7.99. The van der Waals surface area contributed by atoms with Gasteiger partial charge in [0.25, 0.3) is 0 Å². The molecule has 2 aromatic rings. The lowest BCUT2D eigenvalue weighted by Crippen LogP contribution is -2.33. The molecule has 2 N–H and O–H groups in total. The molecule has 3 heterocycles. The van der Waals surface area contributed by atoms with Crippen molar-refractivity contribution in [3.63, 3.8) is 0 Å². The Morgan fingerprint density at radius 2 is 2.42 bits per heavy atom. The number of hydrogen-bond donors (Lipinski definition) is 2. The first-order valence-electron chi connectivity index (χ1n) is 8.33. The lowest BCUT2D eigenvalue weighted by Gasteiger charge is -2.23. The lowest BCUT2D eigenvalue weighted by molar-refractivity contribution is -0.121. The summed E-state index contributed by atoms with van der Waals surface area (Å²) in [6.07, 6.45) is 7.81. The van der Waals surface area contributed by atoms with Gasteiger partial charge < -0.3 is 15.2 Å². The summed E-state index contributed by atoms with van der Waals surface area (Å²) >= 11 is 1.64. The zero-order valence-electron chi connectivity index (χ0n) is 13.9. The van der Waals surface area contributed by atoms with Crippen molar-refractivity contribution in [1.29, 1.82) is 0 Å². The van der Waals surface area contributed by atoms with Crippen molar-refractivity contribution in [3.05, 3.63) is 30.4 Å². The quantitative estimate of drug-likeness (QED) is 0.576. The molecule has 1 atom stereocenters. The second-order valence-electron chi connectivity index (χ2n) is 5.98. The molecule has 130 valence electrons. The van der Waals surface area contributed by atoms with Gasteiger partial charge in [0.1, 0.15) is 6.54 Å². The average Bonchev–Trinajstić information content (AvgIpc) is 3.21. The van der Waals surface area contributed by atoms with Crippen LogP contribution in [0.5, 0.6) is 0 Å². The highest BCUT2D eigenvalue weighted by atomic mass is 32.2. The van der Waals surface area contributed by atoms with Gasteiger partial charge in [-0.3, -0.25) is 9.48 Å². The summed E-state index contributed by atoms with van der Waals surface area (Å²) in [6.45, 7) is 2.95. The number of carbonyl (C=O) groups is 1. The van der Waals surface area contributed by atoms with Crippen LogP contribution in [0.3, 0.4) is 0 Å². The van der Waals surface area contributed by atoms with E-state index in [1.807, 2.05) is 28.6 Å². The van der Waals surface area contributed by atoms with Gasteiger partial charge in [0.2, 0.25) is 5.91 Å². The van der Waals surface area contributed by atoms with Crippen LogP contribution in [0, 0.1) is 0 Å². The Balaban J connectivity index is 1.43. The number of amides is 1. The first-order valence-corrected chi connectivity index (χ1v) is 9.32. The van der Waals surface area contributed by atoms with Crippen molar-refractivity contribution >= 4 is 17.7 Å². The van der Waals surface area contributed by atoms with Crippen molar-refractivity contribution in [3.8, 4) is 0 Å². The van der Waals surface area contributed by atoms with E-state index in [0.29, 0.717) is 12.5 Å². The lowest BCUT2D eigenvalue weighted by atomic mass is 9.96. The number of aromatic nitrogens is 4. The predicted molar refractivity (Wildman–Crippen MR) is 94.0 cm³/mol. The van der Waals surface area contributed by atoms with E-state index in [1.165, 1.54) is 6.42 Å². The highest BCUT2D eigenvalue weighted by Gasteiger charge is 2.19. The molecule has 0 bridgehead atoms. The number of imidazole rings is 1. The maximum atomic E-state index is 12.2. The molecule has 8 heteroatoms. The summed E-state index contributed by atoms with van der Waals surface area (Å²) in [7, 11) is 1.97. The number of thioether (sulfide) groups is 1. The summed E-state index contributed by atoms with van der Waals surface area (Å²) in [5.41, 5.74) is 1.15. The minimum absolute atomic E-state index is 0.00385. The summed E-state index contributed by atoms with van der Waals surface area (Å²) in [5, 5.41) is 11.7. The Hall–Kier alpha value is -1.80. The molecule has 0 aliphatic carbocycles. The molecule has 2 aromatic heterocycles. The highest BCUT2D eigenvalue weighted by Crippen LogP contribution is 2.22. The fourth-order valence-corrected chi connectivity index (χ4v) is 3.73. The van der Waals surface area contributed by atoms with E-state index in [-0.39, 0.29) is 12.5 Å². The van der Waals surface area contributed by atoms with E-state index < -0.39 is 0 Å². The number of hydrogen-bond acceptors (Lipinski definition) is 5.